The van der Waals surface area contributed by atoms with Crippen molar-refractivity contribution in [1.29, 1.82) is 0 Å². The maximum atomic E-state index is 12.1. The van der Waals surface area contributed by atoms with Crippen molar-refractivity contribution in [1.82, 2.24) is 9.80 Å². The average Bonchev–Trinajstić information content (AvgIpc) is 2.54. The van der Waals surface area contributed by atoms with Crippen LogP contribution in [0.3, 0.4) is 0 Å². The summed E-state index contributed by atoms with van der Waals surface area (Å²) in [6.07, 6.45) is 0.580. The Kier molecular flexibility index (Phi) is 5.90. The molecular formula is C16H23N3O2. The number of nitrogens with zero attached hydrogens (tertiary/aromatic N) is 2. The number of piperazine rings is 1. The van der Waals surface area contributed by atoms with Gasteiger partial charge in [0.15, 0.2) is 5.78 Å². The van der Waals surface area contributed by atoms with E-state index in [0.29, 0.717) is 18.5 Å². The van der Waals surface area contributed by atoms with E-state index in [-0.39, 0.29) is 18.1 Å². The average molecular weight is 289 g/mol. The number of Topliss-reactive ketones (excluding diaryl/α,β-unsaturated/α-hetero) is 1. The first-order chi connectivity index (χ1) is 10.2. The lowest BCUT2D eigenvalue weighted by Crippen LogP contribution is -2.49. The van der Waals surface area contributed by atoms with Gasteiger partial charge in [-0.3, -0.25) is 14.5 Å². The van der Waals surface area contributed by atoms with Crippen LogP contribution in [0.25, 0.3) is 0 Å². The van der Waals surface area contributed by atoms with Crippen molar-refractivity contribution < 1.29 is 9.59 Å². The van der Waals surface area contributed by atoms with E-state index in [0.717, 1.165) is 32.7 Å². The SMILES string of the molecule is NCCN1CCN(C(=O)CCC(=O)c2ccccc2)CC1. The highest BCUT2D eigenvalue weighted by Gasteiger charge is 2.21. The van der Waals surface area contributed by atoms with Crippen molar-refractivity contribution >= 4 is 11.7 Å². The second-order valence-corrected chi connectivity index (χ2v) is 5.30. The first-order valence-electron chi connectivity index (χ1n) is 7.49. The molecular weight excluding hydrogens is 266 g/mol. The van der Waals surface area contributed by atoms with Crippen molar-refractivity contribution in [3.05, 3.63) is 35.9 Å². The molecule has 1 fully saturated rings. The van der Waals surface area contributed by atoms with E-state index in [4.69, 9.17) is 5.73 Å². The van der Waals surface area contributed by atoms with Crippen molar-refractivity contribution in [3.8, 4) is 0 Å². The zero-order valence-electron chi connectivity index (χ0n) is 12.3. The Hall–Kier alpha value is -1.72. The van der Waals surface area contributed by atoms with Crippen molar-refractivity contribution in [3.63, 3.8) is 0 Å². The van der Waals surface area contributed by atoms with Crippen LogP contribution in [0.15, 0.2) is 30.3 Å². The monoisotopic (exact) mass is 289 g/mol. The molecule has 1 aliphatic rings. The number of amides is 1. The molecule has 1 aliphatic heterocycles. The Morgan fingerprint density at radius 3 is 2.29 bits per heavy atom. The number of carbonyl (C=O) groups is 2. The van der Waals surface area contributed by atoms with Gasteiger partial charge in [0.2, 0.25) is 5.91 Å². The highest BCUT2D eigenvalue weighted by atomic mass is 16.2. The third-order valence-electron chi connectivity index (χ3n) is 3.83. The summed E-state index contributed by atoms with van der Waals surface area (Å²) in [6, 6.07) is 9.14. The van der Waals surface area contributed by atoms with Crippen molar-refractivity contribution in [2.24, 2.45) is 5.73 Å². The maximum absolute atomic E-state index is 12.1. The van der Waals surface area contributed by atoms with E-state index in [9.17, 15) is 9.59 Å². The topological polar surface area (TPSA) is 66.6 Å². The summed E-state index contributed by atoms with van der Waals surface area (Å²) in [5, 5.41) is 0. The number of ketones is 1. The smallest absolute Gasteiger partial charge is 0.223 e. The molecule has 1 aromatic rings. The number of rotatable bonds is 6. The fourth-order valence-electron chi connectivity index (χ4n) is 2.55. The second kappa shape index (κ2) is 7.90. The van der Waals surface area contributed by atoms with Crippen LogP contribution in [0, 0.1) is 0 Å². The summed E-state index contributed by atoms with van der Waals surface area (Å²) in [5.41, 5.74) is 6.21. The van der Waals surface area contributed by atoms with E-state index in [2.05, 4.69) is 4.90 Å². The molecule has 114 valence electrons. The molecule has 5 nitrogen and oxygen atoms in total. The molecule has 1 saturated heterocycles. The van der Waals surface area contributed by atoms with Gasteiger partial charge in [0.25, 0.3) is 0 Å². The van der Waals surface area contributed by atoms with Crippen LogP contribution in [0.1, 0.15) is 23.2 Å². The Labute approximate surface area is 125 Å². The minimum absolute atomic E-state index is 0.0331. The molecule has 0 atom stereocenters. The third-order valence-corrected chi connectivity index (χ3v) is 3.83. The third kappa shape index (κ3) is 4.65. The lowest BCUT2D eigenvalue weighted by atomic mass is 10.1. The van der Waals surface area contributed by atoms with E-state index in [1.807, 2.05) is 23.1 Å². The molecule has 0 radical (unpaired) electrons. The summed E-state index contributed by atoms with van der Waals surface area (Å²) in [5.74, 6) is 0.109. The van der Waals surface area contributed by atoms with E-state index >= 15 is 0 Å². The zero-order chi connectivity index (χ0) is 15.1. The Morgan fingerprint density at radius 2 is 1.67 bits per heavy atom. The fourth-order valence-corrected chi connectivity index (χ4v) is 2.55. The lowest BCUT2D eigenvalue weighted by molar-refractivity contribution is -0.132. The van der Waals surface area contributed by atoms with E-state index in [1.165, 1.54) is 0 Å². The Morgan fingerprint density at radius 1 is 1.00 bits per heavy atom. The molecule has 1 amide bonds. The largest absolute Gasteiger partial charge is 0.340 e. The molecule has 0 bridgehead atoms. The molecule has 1 heterocycles. The number of carbonyl (C=O) groups excluding carboxylic acids is 2. The molecule has 0 aliphatic carbocycles. The van der Waals surface area contributed by atoms with Gasteiger partial charge in [0.05, 0.1) is 0 Å². The molecule has 2 N–H and O–H groups in total. The predicted octanol–water partition coefficient (Wildman–Crippen LogP) is 0.752. The van der Waals surface area contributed by atoms with Crippen LogP contribution >= 0.6 is 0 Å². The molecule has 5 heteroatoms. The second-order valence-electron chi connectivity index (χ2n) is 5.30. The highest BCUT2D eigenvalue weighted by molar-refractivity contribution is 5.97. The predicted molar refractivity (Wildman–Crippen MR) is 82.1 cm³/mol. The minimum Gasteiger partial charge on any atom is -0.340 e. The molecule has 0 spiro atoms. The summed E-state index contributed by atoms with van der Waals surface area (Å²) in [4.78, 5) is 28.2. The zero-order valence-corrected chi connectivity index (χ0v) is 12.3. The van der Waals surface area contributed by atoms with Gasteiger partial charge in [0.1, 0.15) is 0 Å². The fraction of sp³-hybridized carbons (Fsp3) is 0.500. The van der Waals surface area contributed by atoms with Gasteiger partial charge in [-0.2, -0.15) is 0 Å². The summed E-state index contributed by atoms with van der Waals surface area (Å²) in [6.45, 7) is 4.75. The van der Waals surface area contributed by atoms with E-state index < -0.39 is 0 Å². The molecule has 0 unspecified atom stereocenters. The van der Waals surface area contributed by atoms with Gasteiger partial charge in [-0.25, -0.2) is 0 Å². The van der Waals surface area contributed by atoms with Crippen LogP contribution in [0.5, 0.6) is 0 Å². The molecule has 1 aromatic carbocycles. The standard InChI is InChI=1S/C16H23N3O2/c17-8-9-18-10-12-19(13-11-18)16(21)7-6-15(20)14-4-2-1-3-5-14/h1-5H,6-13,17H2. The normalized spacial score (nSPS) is 16.0. The maximum Gasteiger partial charge on any atom is 0.223 e. The van der Waals surface area contributed by atoms with Crippen LogP contribution in [-0.4, -0.2) is 60.8 Å². The highest BCUT2D eigenvalue weighted by Crippen LogP contribution is 2.08. The lowest BCUT2D eigenvalue weighted by Gasteiger charge is -2.34. The first kappa shape index (κ1) is 15.7. The van der Waals surface area contributed by atoms with Crippen molar-refractivity contribution in [2.75, 3.05) is 39.3 Å². The molecule has 2 rings (SSSR count). The van der Waals surface area contributed by atoms with Crippen LogP contribution < -0.4 is 5.73 Å². The van der Waals surface area contributed by atoms with Crippen LogP contribution in [0.2, 0.25) is 0 Å². The quantitative estimate of drug-likeness (QED) is 0.785. The van der Waals surface area contributed by atoms with Crippen LogP contribution in [0.4, 0.5) is 0 Å². The van der Waals surface area contributed by atoms with E-state index in [1.54, 1.807) is 12.1 Å². The molecule has 0 saturated carbocycles. The van der Waals surface area contributed by atoms with Gasteiger partial charge in [0, 0.05) is 57.7 Å². The summed E-state index contributed by atoms with van der Waals surface area (Å²) < 4.78 is 0. The summed E-state index contributed by atoms with van der Waals surface area (Å²) in [7, 11) is 0. The first-order valence-corrected chi connectivity index (χ1v) is 7.49. The van der Waals surface area contributed by atoms with Gasteiger partial charge in [-0.15, -0.1) is 0 Å². The minimum atomic E-state index is 0.0331. The van der Waals surface area contributed by atoms with Gasteiger partial charge in [-0.05, 0) is 0 Å². The number of benzene rings is 1. The summed E-state index contributed by atoms with van der Waals surface area (Å²) >= 11 is 0. The van der Waals surface area contributed by atoms with Gasteiger partial charge < -0.3 is 10.6 Å². The molecule has 0 aromatic heterocycles. The number of nitrogens with two attached hydrogens (primary N) is 1. The van der Waals surface area contributed by atoms with Crippen molar-refractivity contribution in [2.45, 2.75) is 12.8 Å². The number of hydrogen-bond donors (Lipinski definition) is 1. The van der Waals surface area contributed by atoms with Crippen LogP contribution in [-0.2, 0) is 4.79 Å². The van der Waals surface area contributed by atoms with Gasteiger partial charge >= 0.3 is 0 Å². The Bertz CT molecular complexity index is 468. The van der Waals surface area contributed by atoms with Gasteiger partial charge in [-0.1, -0.05) is 30.3 Å². The number of hydrogen-bond acceptors (Lipinski definition) is 4. The molecule has 21 heavy (non-hydrogen) atoms. The Balaban J connectivity index is 1.74.